The zero-order valence-corrected chi connectivity index (χ0v) is 34.7. The molecule has 0 aromatic heterocycles. The summed E-state index contributed by atoms with van der Waals surface area (Å²) in [6.07, 6.45) is 51.9. The van der Waals surface area contributed by atoms with Gasteiger partial charge in [0.15, 0.2) is 6.10 Å². The van der Waals surface area contributed by atoms with Gasteiger partial charge in [0, 0.05) is 12.8 Å². The summed E-state index contributed by atoms with van der Waals surface area (Å²) in [5.74, 6) is -0.912. The van der Waals surface area contributed by atoms with E-state index in [0.29, 0.717) is 12.8 Å². The fourth-order valence-electron chi connectivity index (χ4n) is 4.99. The van der Waals surface area contributed by atoms with Crippen LogP contribution < -0.4 is 0 Å². The number of unbranched alkanes of at least 4 members (excludes halogenated alkanes) is 8. The molecule has 9 heteroatoms. The number of allylic oxidation sites excluding steroid dienone is 16. The molecule has 0 radical (unpaired) electrons. The van der Waals surface area contributed by atoms with Crippen LogP contribution in [0.4, 0.5) is 0 Å². The van der Waals surface area contributed by atoms with Crippen LogP contribution >= 0.6 is 7.82 Å². The molecular weight excluding hydrogens is 699 g/mol. The Labute approximate surface area is 328 Å². The van der Waals surface area contributed by atoms with Gasteiger partial charge in [-0.05, 0) is 84.0 Å². The normalized spacial score (nSPS) is 14.4. The Morgan fingerprint density at radius 2 is 0.926 bits per heavy atom. The second-order valence-electron chi connectivity index (χ2n) is 12.9. The van der Waals surface area contributed by atoms with E-state index >= 15 is 0 Å². The first kappa shape index (κ1) is 51.0. The van der Waals surface area contributed by atoms with Crippen molar-refractivity contribution in [3.8, 4) is 0 Å². The molecule has 306 valence electrons. The van der Waals surface area contributed by atoms with Gasteiger partial charge in [0.25, 0.3) is 0 Å². The van der Waals surface area contributed by atoms with E-state index in [1.54, 1.807) is 6.92 Å². The monoisotopic (exact) mass is 773 g/mol. The third-order valence-electron chi connectivity index (χ3n) is 7.90. The Balaban J connectivity index is 4.20. The Hall–Kier alpha value is -3.03. The highest BCUT2D eigenvalue weighted by molar-refractivity contribution is 7.47. The van der Waals surface area contributed by atoms with E-state index in [0.717, 1.165) is 77.0 Å². The van der Waals surface area contributed by atoms with Gasteiger partial charge in [-0.25, -0.2) is 4.57 Å². The molecule has 0 spiro atoms. The molecule has 0 aliphatic carbocycles. The molecule has 0 fully saturated rings. The van der Waals surface area contributed by atoms with Gasteiger partial charge in [0.1, 0.15) is 6.61 Å². The lowest BCUT2D eigenvalue weighted by Gasteiger charge is -2.19. The zero-order valence-electron chi connectivity index (χ0n) is 33.8. The minimum atomic E-state index is -4.30. The summed E-state index contributed by atoms with van der Waals surface area (Å²) in [7, 11) is -4.30. The maximum Gasteiger partial charge on any atom is 0.472 e. The minimum absolute atomic E-state index is 0.0173. The second-order valence-corrected chi connectivity index (χ2v) is 14.3. The molecule has 8 nitrogen and oxygen atoms in total. The van der Waals surface area contributed by atoms with Crippen LogP contribution in [0.1, 0.15) is 149 Å². The number of carbonyl (C=O) groups is 2. The van der Waals surface area contributed by atoms with Gasteiger partial charge in [-0.15, -0.1) is 0 Å². The smallest absolute Gasteiger partial charge is 0.462 e. The molecule has 0 aromatic rings. The van der Waals surface area contributed by atoms with Gasteiger partial charge >= 0.3 is 19.8 Å². The van der Waals surface area contributed by atoms with Crippen molar-refractivity contribution in [2.75, 3.05) is 19.8 Å². The average Bonchev–Trinajstić information content (AvgIpc) is 3.15. The van der Waals surface area contributed by atoms with E-state index < -0.39 is 32.5 Å². The number of ether oxygens (including phenoxy) is 2. The standard InChI is InChI=1S/C45H73O8P/c1-4-7-9-11-13-15-17-19-20-21-22-23-24-25-26-28-30-32-34-36-38-40-45(47)53-43(42-52-54(48,49)51-6-3)41-50-44(46)39-37-35-33-31-29-27-18-16-14-12-10-8-5-2/h7-10,13-16,19-20,22-23,27,29,33,35,43H,4-6,11-12,17-18,21,24-26,28,30-32,34,36-42H2,1-3H3,(H,48,49)/b9-7-,10-8-,15-13-,16-14-,20-19-,23-22-,29-27-,35-33-. The van der Waals surface area contributed by atoms with Crippen LogP contribution in [0, 0.1) is 0 Å². The fourth-order valence-corrected chi connectivity index (χ4v) is 5.74. The Kier molecular flexibility index (Phi) is 37.4. The lowest BCUT2D eigenvalue weighted by molar-refractivity contribution is -0.161. The molecule has 0 aliphatic rings. The van der Waals surface area contributed by atoms with Crippen molar-refractivity contribution in [1.29, 1.82) is 0 Å². The molecule has 0 amide bonds. The highest BCUT2D eigenvalue weighted by Crippen LogP contribution is 2.43. The number of phosphoric acid groups is 1. The van der Waals surface area contributed by atoms with E-state index in [-0.39, 0.29) is 26.1 Å². The van der Waals surface area contributed by atoms with Gasteiger partial charge in [0.05, 0.1) is 13.2 Å². The van der Waals surface area contributed by atoms with Crippen LogP contribution in [-0.2, 0) is 32.7 Å². The number of hydrogen-bond acceptors (Lipinski definition) is 7. The van der Waals surface area contributed by atoms with Crippen molar-refractivity contribution < 1.29 is 37.6 Å². The maximum atomic E-state index is 12.5. The molecule has 0 aromatic carbocycles. The summed E-state index contributed by atoms with van der Waals surface area (Å²) < 4.78 is 32.5. The van der Waals surface area contributed by atoms with E-state index in [9.17, 15) is 19.0 Å². The van der Waals surface area contributed by atoms with Gasteiger partial charge in [-0.2, -0.15) is 0 Å². The number of rotatable bonds is 36. The zero-order chi connectivity index (χ0) is 39.6. The third-order valence-corrected chi connectivity index (χ3v) is 8.96. The van der Waals surface area contributed by atoms with Crippen LogP contribution in [0.2, 0.25) is 0 Å². The molecule has 0 rings (SSSR count). The van der Waals surface area contributed by atoms with Crippen molar-refractivity contribution >= 4 is 19.8 Å². The Morgan fingerprint density at radius 1 is 0.500 bits per heavy atom. The van der Waals surface area contributed by atoms with Crippen molar-refractivity contribution in [2.24, 2.45) is 0 Å². The van der Waals surface area contributed by atoms with E-state index in [2.05, 4.69) is 98.9 Å². The summed E-state index contributed by atoms with van der Waals surface area (Å²) in [6.45, 7) is 5.12. The van der Waals surface area contributed by atoms with E-state index in [1.165, 1.54) is 25.7 Å². The lowest BCUT2D eigenvalue weighted by Crippen LogP contribution is -2.29. The first-order valence-corrected chi connectivity index (χ1v) is 22.0. The summed E-state index contributed by atoms with van der Waals surface area (Å²) in [6, 6.07) is 0. The predicted octanol–water partition coefficient (Wildman–Crippen LogP) is 12.9. The van der Waals surface area contributed by atoms with Crippen LogP contribution in [-0.4, -0.2) is 42.8 Å². The summed E-state index contributed by atoms with van der Waals surface area (Å²) in [5.41, 5.74) is 0. The van der Waals surface area contributed by atoms with Gasteiger partial charge in [-0.1, -0.05) is 150 Å². The predicted molar refractivity (Wildman–Crippen MR) is 225 cm³/mol. The van der Waals surface area contributed by atoms with Gasteiger partial charge < -0.3 is 14.4 Å². The largest absolute Gasteiger partial charge is 0.472 e. The SMILES string of the molecule is CC/C=C\C/C=C\C/C=C\C/C=C\CCCCCCCCCCC(=O)OC(COC(=O)CC/C=C\C/C=C\C/C=C\C/C=C\CC)COP(=O)(O)OCC. The first-order chi connectivity index (χ1) is 26.3. The molecule has 2 unspecified atom stereocenters. The van der Waals surface area contributed by atoms with Crippen molar-refractivity contribution in [1.82, 2.24) is 0 Å². The molecular formula is C45H73O8P. The second kappa shape index (κ2) is 39.7. The van der Waals surface area contributed by atoms with Crippen LogP contribution in [0.3, 0.4) is 0 Å². The Bertz CT molecular complexity index is 1190. The number of hydrogen-bond donors (Lipinski definition) is 1. The maximum absolute atomic E-state index is 12.5. The molecule has 0 heterocycles. The number of esters is 2. The van der Waals surface area contributed by atoms with Crippen LogP contribution in [0.5, 0.6) is 0 Å². The molecule has 0 saturated carbocycles. The first-order valence-electron chi connectivity index (χ1n) is 20.5. The molecule has 54 heavy (non-hydrogen) atoms. The number of carbonyl (C=O) groups excluding carboxylic acids is 2. The van der Waals surface area contributed by atoms with E-state index in [1.807, 2.05) is 12.2 Å². The molecule has 0 bridgehead atoms. The fraction of sp³-hybridized carbons (Fsp3) is 0.600. The highest BCUT2D eigenvalue weighted by atomic mass is 31.2. The molecule has 0 saturated heterocycles. The van der Waals surface area contributed by atoms with Crippen molar-refractivity contribution in [2.45, 2.75) is 155 Å². The number of phosphoric ester groups is 1. The quantitative estimate of drug-likeness (QED) is 0.0290. The van der Waals surface area contributed by atoms with Crippen molar-refractivity contribution in [3.63, 3.8) is 0 Å². The summed E-state index contributed by atoms with van der Waals surface area (Å²) >= 11 is 0. The lowest BCUT2D eigenvalue weighted by atomic mass is 10.1. The third kappa shape index (κ3) is 38.7. The van der Waals surface area contributed by atoms with Gasteiger partial charge in [-0.3, -0.25) is 18.6 Å². The molecule has 0 aliphatic heterocycles. The molecule has 2 atom stereocenters. The van der Waals surface area contributed by atoms with Crippen molar-refractivity contribution in [3.05, 3.63) is 97.2 Å². The average molecular weight is 773 g/mol. The Morgan fingerprint density at radius 3 is 1.41 bits per heavy atom. The van der Waals surface area contributed by atoms with Crippen LogP contribution in [0.25, 0.3) is 0 Å². The van der Waals surface area contributed by atoms with E-state index in [4.69, 9.17) is 18.5 Å². The highest BCUT2D eigenvalue weighted by Gasteiger charge is 2.25. The minimum Gasteiger partial charge on any atom is -0.462 e. The summed E-state index contributed by atoms with van der Waals surface area (Å²) in [5, 5.41) is 0. The topological polar surface area (TPSA) is 108 Å². The van der Waals surface area contributed by atoms with Crippen LogP contribution in [0.15, 0.2) is 97.2 Å². The molecule has 1 N–H and O–H groups in total. The van der Waals surface area contributed by atoms with Gasteiger partial charge in [0.2, 0.25) is 0 Å². The summed E-state index contributed by atoms with van der Waals surface area (Å²) in [4.78, 5) is 34.6.